The van der Waals surface area contributed by atoms with Gasteiger partial charge in [0.15, 0.2) is 0 Å². The second kappa shape index (κ2) is 5.27. The molecule has 0 N–H and O–H groups in total. The van der Waals surface area contributed by atoms with Crippen molar-refractivity contribution in [3.8, 4) is 0 Å². The summed E-state index contributed by atoms with van der Waals surface area (Å²) in [4.78, 5) is 0.790. The molecule has 1 fully saturated rings. The third-order valence-corrected chi connectivity index (χ3v) is 4.43. The van der Waals surface area contributed by atoms with E-state index in [4.69, 9.17) is 16.3 Å². The number of hydrogen-bond acceptors (Lipinski definition) is 2. The van der Waals surface area contributed by atoms with Crippen molar-refractivity contribution in [2.45, 2.75) is 17.9 Å². The Morgan fingerprint density at radius 1 is 1.44 bits per heavy atom. The topological polar surface area (TPSA) is 29.5 Å². The SMILES string of the molecule is CC1COCCN1S(=O)c1ccc(Cl)cc1. The van der Waals surface area contributed by atoms with Crippen molar-refractivity contribution in [3.05, 3.63) is 29.3 Å². The number of rotatable bonds is 2. The summed E-state index contributed by atoms with van der Waals surface area (Å²) < 4.78 is 19.5. The van der Waals surface area contributed by atoms with E-state index in [0.29, 0.717) is 24.8 Å². The van der Waals surface area contributed by atoms with E-state index in [1.165, 1.54) is 0 Å². The number of hydrogen-bond donors (Lipinski definition) is 0. The lowest BCUT2D eigenvalue weighted by Crippen LogP contribution is -2.44. The second-order valence-electron chi connectivity index (χ2n) is 3.77. The number of benzene rings is 1. The normalized spacial score (nSPS) is 24.2. The van der Waals surface area contributed by atoms with Crippen molar-refractivity contribution >= 4 is 22.6 Å². The van der Waals surface area contributed by atoms with Crippen molar-refractivity contribution in [3.63, 3.8) is 0 Å². The predicted octanol–water partition coefficient (Wildman–Crippen LogP) is 2.08. The third-order valence-electron chi connectivity index (χ3n) is 2.53. The summed E-state index contributed by atoms with van der Waals surface area (Å²) in [6.45, 7) is 4.01. The monoisotopic (exact) mass is 259 g/mol. The van der Waals surface area contributed by atoms with Gasteiger partial charge in [0.2, 0.25) is 0 Å². The zero-order valence-corrected chi connectivity index (χ0v) is 10.6. The van der Waals surface area contributed by atoms with E-state index in [0.717, 1.165) is 4.90 Å². The standard InChI is InChI=1S/C11H14ClNO2S/c1-9-8-15-7-6-13(9)16(14)11-4-2-10(12)3-5-11/h2-5,9H,6-8H2,1H3. The average Bonchev–Trinajstić information content (AvgIpc) is 2.30. The molecule has 0 bridgehead atoms. The zero-order chi connectivity index (χ0) is 11.5. The molecule has 88 valence electrons. The van der Waals surface area contributed by atoms with Crippen LogP contribution in [0.15, 0.2) is 29.2 Å². The molecule has 1 aromatic rings. The molecule has 1 aliphatic heterocycles. The lowest BCUT2D eigenvalue weighted by molar-refractivity contribution is 0.0416. The van der Waals surface area contributed by atoms with E-state index in [2.05, 4.69) is 0 Å². The van der Waals surface area contributed by atoms with Crippen LogP contribution in [-0.4, -0.2) is 34.3 Å². The molecule has 1 aromatic carbocycles. The first-order chi connectivity index (χ1) is 7.68. The van der Waals surface area contributed by atoms with Gasteiger partial charge in [0.05, 0.1) is 18.1 Å². The molecular formula is C11H14ClNO2S. The number of nitrogens with zero attached hydrogens (tertiary/aromatic N) is 1. The van der Waals surface area contributed by atoms with E-state index in [1.807, 2.05) is 11.2 Å². The summed E-state index contributed by atoms with van der Waals surface area (Å²) >= 11 is 5.80. The number of morpholine rings is 1. The second-order valence-corrected chi connectivity index (χ2v) is 5.64. The van der Waals surface area contributed by atoms with Crippen molar-refractivity contribution in [2.75, 3.05) is 19.8 Å². The van der Waals surface area contributed by atoms with E-state index in [9.17, 15) is 4.21 Å². The Balaban J connectivity index is 2.14. The first-order valence-corrected chi connectivity index (χ1v) is 6.69. The largest absolute Gasteiger partial charge is 0.378 e. The minimum atomic E-state index is -1.11. The molecule has 5 heteroatoms. The van der Waals surface area contributed by atoms with Gasteiger partial charge in [-0.1, -0.05) is 11.6 Å². The maximum atomic E-state index is 12.3. The molecule has 1 aliphatic rings. The molecule has 0 saturated carbocycles. The van der Waals surface area contributed by atoms with Crippen LogP contribution >= 0.6 is 11.6 Å². The van der Waals surface area contributed by atoms with Gasteiger partial charge in [-0.15, -0.1) is 0 Å². The molecule has 3 nitrogen and oxygen atoms in total. The fraction of sp³-hybridized carbons (Fsp3) is 0.455. The Bertz CT molecular complexity index is 382. The molecule has 0 amide bonds. The molecule has 0 radical (unpaired) electrons. The quantitative estimate of drug-likeness (QED) is 0.814. The van der Waals surface area contributed by atoms with Crippen molar-refractivity contribution in [1.82, 2.24) is 4.31 Å². The lowest BCUT2D eigenvalue weighted by atomic mass is 10.3. The van der Waals surface area contributed by atoms with Gasteiger partial charge < -0.3 is 4.74 Å². The lowest BCUT2D eigenvalue weighted by Gasteiger charge is -2.31. The Kier molecular flexibility index (Phi) is 3.97. The van der Waals surface area contributed by atoms with Crippen molar-refractivity contribution in [1.29, 1.82) is 0 Å². The highest BCUT2D eigenvalue weighted by Crippen LogP contribution is 2.18. The molecule has 2 rings (SSSR count). The van der Waals surface area contributed by atoms with Gasteiger partial charge in [-0.25, -0.2) is 8.51 Å². The van der Waals surface area contributed by atoms with Crippen LogP contribution in [0.25, 0.3) is 0 Å². The van der Waals surface area contributed by atoms with Gasteiger partial charge >= 0.3 is 0 Å². The van der Waals surface area contributed by atoms with Crippen LogP contribution in [0.5, 0.6) is 0 Å². The minimum Gasteiger partial charge on any atom is -0.378 e. The summed E-state index contributed by atoms with van der Waals surface area (Å²) in [7, 11) is -1.11. The fourth-order valence-electron chi connectivity index (χ4n) is 1.64. The van der Waals surface area contributed by atoms with Crippen LogP contribution in [-0.2, 0) is 15.7 Å². The molecule has 2 atom stereocenters. The third kappa shape index (κ3) is 2.63. The summed E-state index contributed by atoms with van der Waals surface area (Å²) in [5.41, 5.74) is 0. The van der Waals surface area contributed by atoms with Crippen LogP contribution in [0.2, 0.25) is 5.02 Å². The van der Waals surface area contributed by atoms with Crippen LogP contribution in [0.4, 0.5) is 0 Å². The van der Waals surface area contributed by atoms with E-state index in [-0.39, 0.29) is 6.04 Å². The van der Waals surface area contributed by atoms with E-state index in [1.54, 1.807) is 24.3 Å². The van der Waals surface area contributed by atoms with Crippen LogP contribution in [0.3, 0.4) is 0 Å². The minimum absolute atomic E-state index is 0.185. The van der Waals surface area contributed by atoms with Crippen molar-refractivity contribution in [2.24, 2.45) is 0 Å². The smallest absolute Gasteiger partial charge is 0.128 e. The highest BCUT2D eigenvalue weighted by molar-refractivity contribution is 7.82. The van der Waals surface area contributed by atoms with Gasteiger partial charge in [0, 0.05) is 17.6 Å². The Hall–Kier alpha value is -0.420. The number of ether oxygens (including phenoxy) is 1. The Morgan fingerprint density at radius 2 is 2.12 bits per heavy atom. The van der Waals surface area contributed by atoms with Gasteiger partial charge in [0.1, 0.15) is 11.0 Å². The molecule has 1 saturated heterocycles. The maximum absolute atomic E-state index is 12.3. The Labute approximate surface area is 103 Å². The molecule has 0 aromatic heterocycles. The first kappa shape index (κ1) is 12.0. The summed E-state index contributed by atoms with van der Waals surface area (Å²) in [5.74, 6) is 0. The summed E-state index contributed by atoms with van der Waals surface area (Å²) in [6, 6.07) is 7.33. The van der Waals surface area contributed by atoms with E-state index < -0.39 is 11.0 Å². The van der Waals surface area contributed by atoms with Crippen LogP contribution in [0, 0.1) is 0 Å². The van der Waals surface area contributed by atoms with Crippen LogP contribution < -0.4 is 0 Å². The molecular weight excluding hydrogens is 246 g/mol. The van der Waals surface area contributed by atoms with E-state index >= 15 is 0 Å². The fourth-order valence-corrected chi connectivity index (χ4v) is 3.04. The Morgan fingerprint density at radius 3 is 2.75 bits per heavy atom. The van der Waals surface area contributed by atoms with Crippen LogP contribution in [0.1, 0.15) is 6.92 Å². The first-order valence-electron chi connectivity index (χ1n) is 5.20. The van der Waals surface area contributed by atoms with Gasteiger partial charge in [-0.3, -0.25) is 0 Å². The zero-order valence-electron chi connectivity index (χ0n) is 9.06. The summed E-state index contributed by atoms with van der Waals surface area (Å²) in [6.07, 6.45) is 0. The molecule has 0 spiro atoms. The highest BCUT2D eigenvalue weighted by atomic mass is 35.5. The predicted molar refractivity (Wildman–Crippen MR) is 64.8 cm³/mol. The average molecular weight is 260 g/mol. The van der Waals surface area contributed by atoms with Crippen molar-refractivity contribution < 1.29 is 8.95 Å². The maximum Gasteiger partial charge on any atom is 0.128 e. The molecule has 16 heavy (non-hydrogen) atoms. The molecule has 0 aliphatic carbocycles. The van der Waals surface area contributed by atoms with Gasteiger partial charge in [-0.05, 0) is 31.2 Å². The van der Waals surface area contributed by atoms with Gasteiger partial charge in [0.25, 0.3) is 0 Å². The van der Waals surface area contributed by atoms with Gasteiger partial charge in [-0.2, -0.15) is 0 Å². The highest BCUT2D eigenvalue weighted by Gasteiger charge is 2.24. The number of halogens is 1. The molecule has 1 heterocycles. The summed E-state index contributed by atoms with van der Waals surface area (Å²) in [5, 5.41) is 0.663. The molecule has 2 unspecified atom stereocenters.